The Morgan fingerprint density at radius 2 is 2.00 bits per heavy atom. The molecule has 7 nitrogen and oxygen atoms in total. The molecule has 0 radical (unpaired) electrons. The van der Waals surface area contributed by atoms with Gasteiger partial charge >= 0.3 is 0 Å². The summed E-state index contributed by atoms with van der Waals surface area (Å²) >= 11 is 1.60. The number of anilines is 1. The predicted molar refractivity (Wildman–Crippen MR) is 115 cm³/mol. The van der Waals surface area contributed by atoms with Crippen LogP contribution in [0.4, 0.5) is 5.69 Å². The van der Waals surface area contributed by atoms with E-state index in [9.17, 15) is 9.59 Å². The number of furan rings is 1. The van der Waals surface area contributed by atoms with E-state index < -0.39 is 5.92 Å². The third-order valence-electron chi connectivity index (χ3n) is 5.49. The monoisotopic (exact) mass is 438 g/mol. The average Bonchev–Trinajstić information content (AvgIpc) is 3.55. The van der Waals surface area contributed by atoms with Gasteiger partial charge in [0.15, 0.2) is 11.5 Å². The minimum atomic E-state index is -0.407. The maximum atomic E-state index is 13.6. The van der Waals surface area contributed by atoms with Crippen molar-refractivity contribution in [1.29, 1.82) is 0 Å². The van der Waals surface area contributed by atoms with Crippen molar-refractivity contribution in [1.82, 2.24) is 4.90 Å². The zero-order valence-corrected chi connectivity index (χ0v) is 17.7. The first kappa shape index (κ1) is 19.7. The fourth-order valence-electron chi connectivity index (χ4n) is 3.96. The quantitative estimate of drug-likeness (QED) is 0.587. The number of carbonyl (C=O) groups excluding carboxylic acids is 2. The van der Waals surface area contributed by atoms with E-state index in [4.69, 9.17) is 13.9 Å². The summed E-state index contributed by atoms with van der Waals surface area (Å²) in [6.07, 6.45) is 1.79. The summed E-state index contributed by atoms with van der Waals surface area (Å²) in [6, 6.07) is 13.2. The number of carbonyl (C=O) groups is 2. The fraction of sp³-hybridized carbons (Fsp3) is 0.304. The van der Waals surface area contributed by atoms with E-state index in [0.29, 0.717) is 50.1 Å². The lowest BCUT2D eigenvalue weighted by molar-refractivity contribution is -0.129. The number of benzene rings is 1. The molecule has 2 aliphatic heterocycles. The van der Waals surface area contributed by atoms with Gasteiger partial charge in [0, 0.05) is 29.6 Å². The molecule has 160 valence electrons. The highest BCUT2D eigenvalue weighted by Crippen LogP contribution is 2.36. The van der Waals surface area contributed by atoms with Gasteiger partial charge in [-0.25, -0.2) is 0 Å². The minimum Gasteiger partial charge on any atom is -0.486 e. The molecular weight excluding hydrogens is 416 g/mol. The maximum absolute atomic E-state index is 13.6. The first-order valence-electron chi connectivity index (χ1n) is 10.2. The first-order chi connectivity index (χ1) is 15.2. The maximum Gasteiger partial charge on any atom is 0.232 e. The summed E-state index contributed by atoms with van der Waals surface area (Å²) in [5.74, 6) is 1.52. The van der Waals surface area contributed by atoms with E-state index in [-0.39, 0.29) is 18.2 Å². The van der Waals surface area contributed by atoms with Crippen LogP contribution in [-0.2, 0) is 22.7 Å². The third kappa shape index (κ3) is 4.16. The van der Waals surface area contributed by atoms with Gasteiger partial charge in [0.2, 0.25) is 11.8 Å². The zero-order chi connectivity index (χ0) is 21.2. The molecular formula is C23H22N2O5S. The molecule has 2 aliphatic rings. The van der Waals surface area contributed by atoms with Crippen LogP contribution >= 0.6 is 11.3 Å². The van der Waals surface area contributed by atoms with Crippen molar-refractivity contribution in [3.05, 3.63) is 64.7 Å². The number of thiophene rings is 1. The summed E-state index contributed by atoms with van der Waals surface area (Å²) in [6.45, 7) is 2.20. The lowest BCUT2D eigenvalue weighted by Gasteiger charge is -2.27. The van der Waals surface area contributed by atoms with Gasteiger partial charge in [-0.05, 0) is 35.7 Å². The zero-order valence-electron chi connectivity index (χ0n) is 16.9. The van der Waals surface area contributed by atoms with E-state index in [0.717, 1.165) is 10.6 Å². The van der Waals surface area contributed by atoms with Gasteiger partial charge in [-0.2, -0.15) is 0 Å². The SMILES string of the molecule is O=C1CC(C(=O)N(Cc2cccs2)c2ccc3c(c2)OCCO3)CN1Cc1ccco1. The second-order valence-corrected chi connectivity index (χ2v) is 8.62. The molecule has 3 aromatic rings. The fourth-order valence-corrected chi connectivity index (χ4v) is 4.65. The highest BCUT2D eigenvalue weighted by Gasteiger charge is 2.37. The Kier molecular flexibility index (Phi) is 5.38. The number of likely N-dealkylation sites (tertiary alicyclic amines) is 1. The largest absolute Gasteiger partial charge is 0.486 e. The highest BCUT2D eigenvalue weighted by molar-refractivity contribution is 7.09. The molecule has 0 bridgehead atoms. The average molecular weight is 439 g/mol. The molecule has 4 heterocycles. The number of ether oxygens (including phenoxy) is 2. The van der Waals surface area contributed by atoms with Gasteiger partial charge < -0.3 is 23.7 Å². The molecule has 1 atom stereocenters. The number of hydrogen-bond acceptors (Lipinski definition) is 6. The number of hydrogen-bond donors (Lipinski definition) is 0. The lowest BCUT2D eigenvalue weighted by atomic mass is 10.1. The van der Waals surface area contributed by atoms with Crippen LogP contribution in [0.15, 0.2) is 58.5 Å². The van der Waals surface area contributed by atoms with Gasteiger partial charge in [0.05, 0.1) is 25.3 Å². The van der Waals surface area contributed by atoms with Crippen LogP contribution in [0.1, 0.15) is 17.1 Å². The lowest BCUT2D eigenvalue weighted by Crippen LogP contribution is -2.37. The van der Waals surface area contributed by atoms with Crippen LogP contribution in [-0.4, -0.2) is 36.5 Å². The van der Waals surface area contributed by atoms with E-state index >= 15 is 0 Å². The van der Waals surface area contributed by atoms with Gasteiger partial charge in [0.1, 0.15) is 19.0 Å². The number of nitrogens with zero attached hydrogens (tertiary/aromatic N) is 2. The van der Waals surface area contributed by atoms with Gasteiger partial charge in [-0.3, -0.25) is 9.59 Å². The minimum absolute atomic E-state index is 0.0343. The summed E-state index contributed by atoms with van der Waals surface area (Å²) in [4.78, 5) is 30.7. The Hall–Kier alpha value is -3.26. The molecule has 0 saturated carbocycles. The van der Waals surface area contributed by atoms with Crippen LogP contribution < -0.4 is 14.4 Å². The van der Waals surface area contributed by atoms with E-state index in [1.54, 1.807) is 33.5 Å². The highest BCUT2D eigenvalue weighted by atomic mass is 32.1. The number of amides is 2. The molecule has 2 amide bonds. The summed E-state index contributed by atoms with van der Waals surface area (Å²) in [5, 5.41) is 1.99. The third-order valence-corrected chi connectivity index (χ3v) is 6.35. The van der Waals surface area contributed by atoms with Crippen molar-refractivity contribution < 1.29 is 23.5 Å². The van der Waals surface area contributed by atoms with Crippen molar-refractivity contribution >= 4 is 28.8 Å². The summed E-state index contributed by atoms with van der Waals surface area (Å²) < 4.78 is 16.7. The van der Waals surface area contributed by atoms with Gasteiger partial charge in [-0.15, -0.1) is 11.3 Å². The van der Waals surface area contributed by atoms with Crippen LogP contribution in [0.2, 0.25) is 0 Å². The van der Waals surface area contributed by atoms with Crippen molar-refractivity contribution in [2.75, 3.05) is 24.7 Å². The van der Waals surface area contributed by atoms with Crippen LogP contribution in [0, 0.1) is 5.92 Å². The normalized spacial score (nSPS) is 17.7. The smallest absolute Gasteiger partial charge is 0.232 e. The molecule has 2 aromatic heterocycles. The van der Waals surface area contributed by atoms with Crippen molar-refractivity contribution in [3.8, 4) is 11.5 Å². The molecule has 0 N–H and O–H groups in total. The van der Waals surface area contributed by atoms with E-state index in [2.05, 4.69) is 0 Å². The van der Waals surface area contributed by atoms with Crippen molar-refractivity contribution in [2.24, 2.45) is 5.92 Å². The summed E-state index contributed by atoms with van der Waals surface area (Å²) in [5.41, 5.74) is 0.736. The van der Waals surface area contributed by atoms with Gasteiger partial charge in [0.25, 0.3) is 0 Å². The number of fused-ring (bicyclic) bond motifs is 1. The van der Waals surface area contributed by atoms with Crippen LogP contribution in [0.3, 0.4) is 0 Å². The second-order valence-electron chi connectivity index (χ2n) is 7.59. The topological polar surface area (TPSA) is 72.2 Å². The van der Waals surface area contributed by atoms with Crippen molar-refractivity contribution in [2.45, 2.75) is 19.5 Å². The molecule has 5 rings (SSSR count). The second kappa shape index (κ2) is 8.47. The Bertz CT molecular complexity index is 1060. The van der Waals surface area contributed by atoms with Crippen LogP contribution in [0.5, 0.6) is 11.5 Å². The molecule has 31 heavy (non-hydrogen) atoms. The Morgan fingerprint density at radius 1 is 1.13 bits per heavy atom. The molecule has 1 fully saturated rings. The molecule has 1 unspecified atom stereocenters. The van der Waals surface area contributed by atoms with Gasteiger partial charge in [-0.1, -0.05) is 6.07 Å². The Balaban J connectivity index is 1.38. The van der Waals surface area contributed by atoms with Crippen LogP contribution in [0.25, 0.3) is 0 Å². The van der Waals surface area contributed by atoms with E-state index in [1.807, 2.05) is 41.8 Å². The molecule has 0 aliphatic carbocycles. The van der Waals surface area contributed by atoms with Crippen molar-refractivity contribution in [3.63, 3.8) is 0 Å². The molecule has 1 saturated heterocycles. The first-order valence-corrected chi connectivity index (χ1v) is 11.1. The van der Waals surface area contributed by atoms with E-state index in [1.165, 1.54) is 0 Å². The Labute approximate surface area is 183 Å². The molecule has 1 aromatic carbocycles. The summed E-state index contributed by atoms with van der Waals surface area (Å²) in [7, 11) is 0. The number of rotatable bonds is 6. The standard InChI is InChI=1S/C23H22N2O5S/c26-22-11-16(13-24(22)14-18-3-1-7-28-18)23(27)25(15-19-4-2-10-31-19)17-5-6-20-21(12-17)30-9-8-29-20/h1-7,10,12,16H,8-9,11,13-15H2. The Morgan fingerprint density at radius 3 is 2.77 bits per heavy atom. The predicted octanol–water partition coefficient (Wildman–Crippen LogP) is 3.69. The molecule has 8 heteroatoms. The molecule has 0 spiro atoms.